The van der Waals surface area contributed by atoms with Crippen LogP contribution in [-0.4, -0.2) is 5.97 Å². The molecule has 1 aliphatic heterocycles. The third-order valence-corrected chi connectivity index (χ3v) is 6.26. The van der Waals surface area contributed by atoms with Gasteiger partial charge in [-0.25, -0.2) is 9.18 Å². The van der Waals surface area contributed by atoms with E-state index in [0.29, 0.717) is 33.2 Å². The third kappa shape index (κ3) is 5.17. The second-order valence-corrected chi connectivity index (χ2v) is 8.91. The van der Waals surface area contributed by atoms with E-state index in [4.69, 9.17) is 31.5 Å². The zero-order valence-corrected chi connectivity index (χ0v) is 20.6. The Balaban J connectivity index is 1.38. The number of allylic oxidation sites excluding steroid dienone is 1. The Morgan fingerprint density at radius 3 is 2.50 bits per heavy atom. The maximum atomic E-state index is 13.9. The first-order valence-electron chi connectivity index (χ1n) is 11.6. The number of rotatable bonds is 6. The molecule has 0 fully saturated rings. The topological polar surface area (TPSA) is 94.6 Å². The summed E-state index contributed by atoms with van der Waals surface area (Å²) in [7, 11) is 0. The van der Waals surface area contributed by atoms with Gasteiger partial charge in [0.25, 0.3) is 0 Å². The van der Waals surface area contributed by atoms with Gasteiger partial charge in [0, 0.05) is 22.2 Å². The Bertz CT molecular complexity index is 1590. The average Bonchev–Trinajstić information content (AvgIpc) is 2.92. The number of carbonyl (C=O) groups excluding carboxylic acids is 1. The number of benzene rings is 4. The molecule has 1 aliphatic rings. The summed E-state index contributed by atoms with van der Waals surface area (Å²) in [6.07, 6.45) is 0. The van der Waals surface area contributed by atoms with E-state index in [0.717, 1.165) is 5.56 Å². The van der Waals surface area contributed by atoms with Gasteiger partial charge in [-0.3, -0.25) is 0 Å². The van der Waals surface area contributed by atoms with Crippen LogP contribution in [0.3, 0.4) is 0 Å². The Morgan fingerprint density at radius 1 is 1.00 bits per heavy atom. The van der Waals surface area contributed by atoms with Crippen LogP contribution in [0.2, 0.25) is 5.02 Å². The number of nitrogens with two attached hydrogens (primary N) is 1. The molecular formula is C30H20ClFN2O4. The van der Waals surface area contributed by atoms with Gasteiger partial charge in [-0.2, -0.15) is 5.26 Å². The fraction of sp³-hybridized carbons (Fsp3) is 0.0667. The van der Waals surface area contributed by atoms with Crippen molar-refractivity contribution in [3.05, 3.63) is 136 Å². The SMILES string of the molecule is N#CC1=C(N)Oc2cc(OC(=O)c3cccc(Cl)c3)ccc2C1c1ccc(OCc2ccccc2F)cc1. The van der Waals surface area contributed by atoms with Crippen molar-refractivity contribution in [3.63, 3.8) is 0 Å². The van der Waals surface area contributed by atoms with E-state index in [9.17, 15) is 14.4 Å². The van der Waals surface area contributed by atoms with E-state index in [2.05, 4.69) is 6.07 Å². The molecule has 4 aromatic rings. The molecule has 0 saturated carbocycles. The molecule has 1 unspecified atom stereocenters. The predicted molar refractivity (Wildman–Crippen MR) is 139 cm³/mol. The molecule has 0 aliphatic carbocycles. The van der Waals surface area contributed by atoms with Gasteiger partial charge in [0.15, 0.2) is 0 Å². The van der Waals surface area contributed by atoms with Crippen molar-refractivity contribution in [2.24, 2.45) is 5.73 Å². The van der Waals surface area contributed by atoms with Gasteiger partial charge in [0.2, 0.25) is 5.88 Å². The number of fused-ring (bicyclic) bond motifs is 1. The minimum atomic E-state index is -0.577. The summed E-state index contributed by atoms with van der Waals surface area (Å²) in [4.78, 5) is 12.5. The Kier molecular flexibility index (Phi) is 6.98. The molecule has 0 radical (unpaired) electrons. The molecule has 0 spiro atoms. The number of halogens is 2. The van der Waals surface area contributed by atoms with Crippen LogP contribution in [0.15, 0.2) is 102 Å². The lowest BCUT2D eigenvalue weighted by atomic mass is 9.83. The summed E-state index contributed by atoms with van der Waals surface area (Å²) in [5.74, 6) is -0.305. The maximum Gasteiger partial charge on any atom is 0.343 e. The van der Waals surface area contributed by atoms with Gasteiger partial charge in [-0.05, 0) is 48.0 Å². The molecule has 0 aromatic heterocycles. The van der Waals surface area contributed by atoms with Crippen LogP contribution in [0, 0.1) is 17.1 Å². The molecule has 38 heavy (non-hydrogen) atoms. The van der Waals surface area contributed by atoms with Crippen LogP contribution in [-0.2, 0) is 6.61 Å². The smallest absolute Gasteiger partial charge is 0.343 e. The summed E-state index contributed by atoms with van der Waals surface area (Å²) in [6.45, 7) is 0.0824. The highest BCUT2D eigenvalue weighted by Gasteiger charge is 2.31. The number of esters is 1. The van der Waals surface area contributed by atoms with Gasteiger partial charge in [0.05, 0.1) is 11.5 Å². The Labute approximate surface area is 223 Å². The highest BCUT2D eigenvalue weighted by Crippen LogP contribution is 2.43. The molecule has 4 aromatic carbocycles. The largest absolute Gasteiger partial charge is 0.489 e. The molecule has 6 nitrogen and oxygen atoms in total. The number of nitriles is 1. The van der Waals surface area contributed by atoms with E-state index in [1.54, 1.807) is 66.7 Å². The lowest BCUT2D eigenvalue weighted by Gasteiger charge is -2.26. The number of ether oxygens (including phenoxy) is 3. The molecule has 5 rings (SSSR count). The zero-order valence-electron chi connectivity index (χ0n) is 19.9. The Hall–Kier alpha value is -4.80. The summed E-state index contributed by atoms with van der Waals surface area (Å²) in [6, 6.07) is 27.0. The first-order valence-corrected chi connectivity index (χ1v) is 12.0. The van der Waals surface area contributed by atoms with Crippen LogP contribution < -0.4 is 19.9 Å². The molecular weight excluding hydrogens is 507 g/mol. The first-order chi connectivity index (χ1) is 18.4. The van der Waals surface area contributed by atoms with Crippen molar-refractivity contribution in [2.45, 2.75) is 12.5 Å². The molecule has 1 atom stereocenters. The van der Waals surface area contributed by atoms with Crippen LogP contribution >= 0.6 is 11.6 Å². The summed E-state index contributed by atoms with van der Waals surface area (Å²) < 4.78 is 30.8. The number of carbonyl (C=O) groups is 1. The standard InChI is InChI=1S/C30H20ClFN2O4/c31-21-6-3-5-19(14-21)30(35)37-23-12-13-24-27(15-23)38-29(34)25(16-33)28(24)18-8-10-22(11-9-18)36-17-20-4-1-2-7-26(20)32/h1-15,28H,17,34H2. The number of nitrogens with zero attached hydrogens (tertiary/aromatic N) is 1. The molecule has 2 N–H and O–H groups in total. The van der Waals surface area contributed by atoms with E-state index in [-0.39, 0.29) is 29.6 Å². The molecule has 1 heterocycles. The average molecular weight is 527 g/mol. The first kappa shape index (κ1) is 24.9. The monoisotopic (exact) mass is 526 g/mol. The fourth-order valence-corrected chi connectivity index (χ4v) is 4.35. The summed E-state index contributed by atoms with van der Waals surface area (Å²) in [5, 5.41) is 10.2. The molecule has 0 saturated heterocycles. The van der Waals surface area contributed by atoms with Crippen molar-refractivity contribution in [3.8, 4) is 23.3 Å². The second kappa shape index (κ2) is 10.7. The molecule has 8 heteroatoms. The van der Waals surface area contributed by atoms with E-state index >= 15 is 0 Å². The number of hydrogen-bond acceptors (Lipinski definition) is 6. The van der Waals surface area contributed by atoms with Crippen LogP contribution in [0.25, 0.3) is 0 Å². The van der Waals surface area contributed by atoms with Gasteiger partial charge in [0.1, 0.15) is 41.3 Å². The normalized spacial score (nSPS) is 14.2. The van der Waals surface area contributed by atoms with Crippen LogP contribution in [0.1, 0.15) is 33.0 Å². The van der Waals surface area contributed by atoms with E-state index in [1.807, 2.05) is 12.1 Å². The predicted octanol–water partition coefficient (Wildman–Crippen LogP) is 6.50. The van der Waals surface area contributed by atoms with Crippen molar-refractivity contribution < 1.29 is 23.4 Å². The minimum Gasteiger partial charge on any atom is -0.489 e. The Morgan fingerprint density at radius 2 is 1.76 bits per heavy atom. The number of hydrogen-bond donors (Lipinski definition) is 1. The van der Waals surface area contributed by atoms with Crippen LogP contribution in [0.5, 0.6) is 17.2 Å². The van der Waals surface area contributed by atoms with Crippen LogP contribution in [0.4, 0.5) is 4.39 Å². The minimum absolute atomic E-state index is 0.0387. The van der Waals surface area contributed by atoms with Gasteiger partial charge in [-0.1, -0.05) is 54.1 Å². The van der Waals surface area contributed by atoms with Gasteiger partial charge in [-0.15, -0.1) is 0 Å². The maximum absolute atomic E-state index is 13.9. The van der Waals surface area contributed by atoms with Crippen molar-refractivity contribution >= 4 is 17.6 Å². The van der Waals surface area contributed by atoms with Crippen molar-refractivity contribution in [2.75, 3.05) is 0 Å². The molecule has 0 bridgehead atoms. The lowest BCUT2D eigenvalue weighted by Crippen LogP contribution is -2.21. The summed E-state index contributed by atoms with van der Waals surface area (Å²) in [5.41, 5.74) is 8.56. The van der Waals surface area contributed by atoms with E-state index < -0.39 is 11.9 Å². The van der Waals surface area contributed by atoms with Crippen molar-refractivity contribution in [1.29, 1.82) is 5.26 Å². The summed E-state index contributed by atoms with van der Waals surface area (Å²) >= 11 is 5.97. The second-order valence-electron chi connectivity index (χ2n) is 8.47. The lowest BCUT2D eigenvalue weighted by molar-refractivity contribution is 0.0734. The van der Waals surface area contributed by atoms with Gasteiger partial charge < -0.3 is 19.9 Å². The van der Waals surface area contributed by atoms with Gasteiger partial charge >= 0.3 is 5.97 Å². The molecule has 188 valence electrons. The zero-order chi connectivity index (χ0) is 26.6. The highest BCUT2D eigenvalue weighted by atomic mass is 35.5. The highest BCUT2D eigenvalue weighted by molar-refractivity contribution is 6.30. The van der Waals surface area contributed by atoms with Crippen molar-refractivity contribution in [1.82, 2.24) is 0 Å². The third-order valence-electron chi connectivity index (χ3n) is 6.03. The quantitative estimate of drug-likeness (QED) is 0.228. The fourth-order valence-electron chi connectivity index (χ4n) is 4.16. The van der Waals surface area contributed by atoms with E-state index in [1.165, 1.54) is 12.1 Å². The molecule has 0 amide bonds.